The Balaban J connectivity index is 1.21. The molecule has 0 unspecified atom stereocenters. The number of anilines is 1. The van der Waals surface area contributed by atoms with Crippen molar-refractivity contribution in [2.75, 3.05) is 45.2 Å². The number of rotatable bonds is 26. The number of fused-ring (bicyclic) bond motifs is 3. The van der Waals surface area contributed by atoms with Crippen LogP contribution in [0.2, 0.25) is 0 Å². The molecule has 9 nitrogen and oxygen atoms in total. The first-order valence-electron chi connectivity index (χ1n) is 17.4. The number of unbranched alkanes of at least 4 members (excludes halogenated alkanes) is 11. The highest BCUT2D eigenvalue weighted by Gasteiger charge is 2.18. The van der Waals surface area contributed by atoms with E-state index in [9.17, 15) is 4.79 Å². The molecule has 0 saturated heterocycles. The average Bonchev–Trinajstić information content (AvgIpc) is 3.40. The molecular weight excluding hydrogens is 552 g/mol. The van der Waals surface area contributed by atoms with E-state index in [2.05, 4.69) is 29.5 Å². The van der Waals surface area contributed by atoms with Crippen molar-refractivity contribution in [2.45, 2.75) is 117 Å². The predicted molar refractivity (Wildman–Crippen MR) is 182 cm³/mol. The van der Waals surface area contributed by atoms with E-state index in [0.717, 1.165) is 61.0 Å². The summed E-state index contributed by atoms with van der Waals surface area (Å²) in [7, 11) is 0. The van der Waals surface area contributed by atoms with Gasteiger partial charge < -0.3 is 25.9 Å². The lowest BCUT2D eigenvalue weighted by atomic mass is 10.1. The fraction of sp³-hybridized carbons (Fsp3) is 0.686. The normalized spacial score (nSPS) is 11.5. The molecule has 2 aromatic heterocycles. The Hall–Kier alpha value is -2.91. The largest absolute Gasteiger partial charge is 0.410 e. The number of aryl methyl sites for hydroxylation is 1. The van der Waals surface area contributed by atoms with Gasteiger partial charge in [0.15, 0.2) is 5.82 Å². The highest BCUT2D eigenvalue weighted by molar-refractivity contribution is 6.06. The number of imidazole rings is 1. The minimum atomic E-state index is 0.0740. The van der Waals surface area contributed by atoms with Crippen LogP contribution in [0.15, 0.2) is 24.3 Å². The van der Waals surface area contributed by atoms with E-state index in [-0.39, 0.29) is 5.91 Å². The highest BCUT2D eigenvalue weighted by Crippen LogP contribution is 2.28. The van der Waals surface area contributed by atoms with Gasteiger partial charge in [-0.2, -0.15) is 4.73 Å². The molecule has 1 amide bonds. The number of nitrogens with zero attached hydrogens (tertiary/aromatic N) is 3. The minimum Gasteiger partial charge on any atom is -0.410 e. The van der Waals surface area contributed by atoms with Crippen molar-refractivity contribution in [3.63, 3.8) is 0 Å². The van der Waals surface area contributed by atoms with Crippen molar-refractivity contribution in [3.05, 3.63) is 30.1 Å². The van der Waals surface area contributed by atoms with Crippen LogP contribution in [0, 0.1) is 0 Å². The van der Waals surface area contributed by atoms with Crippen molar-refractivity contribution >= 4 is 33.7 Å². The lowest BCUT2D eigenvalue weighted by Crippen LogP contribution is -2.29. The molecule has 4 N–H and O–H groups in total. The van der Waals surface area contributed by atoms with Gasteiger partial charge in [-0.1, -0.05) is 103 Å². The zero-order valence-corrected chi connectivity index (χ0v) is 27.5. The predicted octanol–water partition coefficient (Wildman–Crippen LogP) is 6.75. The third kappa shape index (κ3) is 12.6. The Morgan fingerprint density at radius 1 is 0.795 bits per heavy atom. The molecule has 3 aromatic rings. The maximum absolute atomic E-state index is 12.2. The first kappa shape index (κ1) is 35.6. The first-order chi connectivity index (χ1) is 21.7. The minimum absolute atomic E-state index is 0.0740. The number of carbonyl (C=O) groups excluding carboxylic acids is 1. The Morgan fingerprint density at radius 2 is 1.48 bits per heavy atom. The number of benzene rings is 1. The topological polar surface area (TPSA) is 116 Å². The summed E-state index contributed by atoms with van der Waals surface area (Å²) in [5.74, 6) is 1.32. The van der Waals surface area contributed by atoms with Gasteiger partial charge in [-0.3, -0.25) is 4.79 Å². The van der Waals surface area contributed by atoms with Crippen LogP contribution >= 0.6 is 0 Å². The molecule has 0 saturated carbocycles. The van der Waals surface area contributed by atoms with Crippen molar-refractivity contribution in [2.24, 2.45) is 0 Å². The van der Waals surface area contributed by atoms with Gasteiger partial charge >= 0.3 is 0 Å². The second kappa shape index (κ2) is 21.7. The summed E-state index contributed by atoms with van der Waals surface area (Å²) in [5.41, 5.74) is 8.59. The lowest BCUT2D eigenvalue weighted by Gasteiger charge is -2.13. The van der Waals surface area contributed by atoms with E-state index in [1.54, 1.807) is 0 Å². The van der Waals surface area contributed by atoms with Crippen LogP contribution in [-0.2, 0) is 16.0 Å². The van der Waals surface area contributed by atoms with Crippen molar-refractivity contribution in [1.82, 2.24) is 25.3 Å². The van der Waals surface area contributed by atoms with Crippen LogP contribution in [0.3, 0.4) is 0 Å². The molecule has 0 spiro atoms. The molecule has 9 heteroatoms. The Labute approximate surface area is 265 Å². The van der Waals surface area contributed by atoms with Gasteiger partial charge in [-0.25, -0.2) is 9.97 Å². The van der Waals surface area contributed by atoms with Crippen molar-refractivity contribution in [3.8, 4) is 0 Å². The lowest BCUT2D eigenvalue weighted by molar-refractivity contribution is -0.121. The number of hydrogen-bond donors (Lipinski definition) is 3. The second-order valence-corrected chi connectivity index (χ2v) is 11.8. The summed E-state index contributed by atoms with van der Waals surface area (Å²) in [6.07, 6.45) is 19.2. The quantitative estimate of drug-likeness (QED) is 0.0861. The van der Waals surface area contributed by atoms with Crippen LogP contribution in [0.5, 0.6) is 0 Å². The van der Waals surface area contributed by atoms with E-state index < -0.39 is 0 Å². The molecule has 0 radical (unpaired) electrons. The van der Waals surface area contributed by atoms with E-state index in [0.29, 0.717) is 44.1 Å². The third-order valence-corrected chi connectivity index (χ3v) is 8.03. The van der Waals surface area contributed by atoms with Crippen LogP contribution < -0.4 is 21.2 Å². The van der Waals surface area contributed by atoms with E-state index in [1.165, 1.54) is 70.6 Å². The molecule has 0 aliphatic rings. The molecule has 1 aromatic carbocycles. The molecule has 0 atom stereocenters. The van der Waals surface area contributed by atoms with Gasteiger partial charge in [0.25, 0.3) is 0 Å². The molecule has 2 heterocycles. The molecule has 0 aliphatic heterocycles. The van der Waals surface area contributed by atoms with Gasteiger partial charge in [0.1, 0.15) is 23.5 Å². The number of pyridine rings is 1. The number of nitrogens with one attached hydrogen (secondary N) is 2. The van der Waals surface area contributed by atoms with Crippen molar-refractivity contribution in [1.29, 1.82) is 0 Å². The maximum atomic E-state index is 12.2. The summed E-state index contributed by atoms with van der Waals surface area (Å²) in [4.78, 5) is 27.6. The number of aromatic nitrogens is 3. The average molecular weight is 611 g/mol. The summed E-state index contributed by atoms with van der Waals surface area (Å²) >= 11 is 0. The van der Waals surface area contributed by atoms with E-state index in [4.69, 9.17) is 20.3 Å². The number of nitrogens with two attached hydrogens (primary N) is 1. The molecule has 0 fully saturated rings. The number of ether oxygens (including phenoxy) is 1. The molecular formula is C35H58N6O3. The number of hydrogen-bond acceptors (Lipinski definition) is 7. The highest BCUT2D eigenvalue weighted by atomic mass is 16.7. The number of carbonyl (C=O) groups is 1. The van der Waals surface area contributed by atoms with Crippen LogP contribution in [-0.4, -0.2) is 60.1 Å². The smallest absolute Gasteiger partial charge is 0.220 e. The van der Waals surface area contributed by atoms with Gasteiger partial charge in [0, 0.05) is 24.8 Å². The third-order valence-electron chi connectivity index (χ3n) is 8.03. The van der Waals surface area contributed by atoms with Crippen LogP contribution in [0.1, 0.15) is 116 Å². The van der Waals surface area contributed by atoms with E-state index in [1.807, 2.05) is 29.0 Å². The Kier molecular flexibility index (Phi) is 17.6. The SMILES string of the molecule is CCCCCCCCCCCCCNCCCC(=O)NCCOCCOn1c(CCCC)nc2c(N)nc3ccccc3c21. The number of amides is 1. The van der Waals surface area contributed by atoms with Crippen LogP contribution in [0.4, 0.5) is 5.82 Å². The first-order valence-corrected chi connectivity index (χ1v) is 17.4. The van der Waals surface area contributed by atoms with Crippen molar-refractivity contribution < 1.29 is 14.4 Å². The number of para-hydroxylation sites is 1. The maximum Gasteiger partial charge on any atom is 0.220 e. The van der Waals surface area contributed by atoms with E-state index >= 15 is 0 Å². The van der Waals surface area contributed by atoms with Gasteiger partial charge in [-0.15, -0.1) is 0 Å². The van der Waals surface area contributed by atoms with Crippen LogP contribution in [0.25, 0.3) is 21.9 Å². The monoisotopic (exact) mass is 610 g/mol. The Morgan fingerprint density at radius 3 is 2.23 bits per heavy atom. The molecule has 44 heavy (non-hydrogen) atoms. The zero-order chi connectivity index (χ0) is 31.2. The van der Waals surface area contributed by atoms with Gasteiger partial charge in [0.2, 0.25) is 5.91 Å². The molecule has 0 bridgehead atoms. The number of nitrogen functional groups attached to an aromatic ring is 1. The zero-order valence-electron chi connectivity index (χ0n) is 27.5. The molecule has 0 aliphatic carbocycles. The fourth-order valence-electron chi connectivity index (χ4n) is 5.51. The van der Waals surface area contributed by atoms with Gasteiger partial charge in [-0.05, 0) is 38.4 Å². The Bertz CT molecular complexity index is 1210. The summed E-state index contributed by atoms with van der Waals surface area (Å²) < 4.78 is 7.54. The summed E-state index contributed by atoms with van der Waals surface area (Å²) in [5, 5.41) is 7.39. The summed E-state index contributed by atoms with van der Waals surface area (Å²) in [6, 6.07) is 7.90. The molecule has 246 valence electrons. The second-order valence-electron chi connectivity index (χ2n) is 11.8. The molecule has 3 rings (SSSR count). The van der Waals surface area contributed by atoms with Gasteiger partial charge in [0.05, 0.1) is 18.7 Å². The summed E-state index contributed by atoms with van der Waals surface area (Å²) in [6.45, 7) is 8.07. The standard InChI is InChI=1S/C35H58N6O3/c1-3-5-7-8-9-10-11-12-13-14-17-23-37-24-18-22-32(42)38-25-26-43-27-28-44-41-31(21-6-4-2)40-33-34(41)29-19-15-16-20-30(29)39-35(33)36/h15-16,19-20,37H,3-14,17-18,21-28H2,1-2H3,(H2,36,39)(H,38,42). The fourth-order valence-corrected chi connectivity index (χ4v) is 5.51.